The number of hydrogen-bond acceptors (Lipinski definition) is 1. The van der Waals surface area contributed by atoms with Crippen molar-refractivity contribution >= 4 is 11.6 Å². The minimum Gasteiger partial charge on any atom is -0.330 e. The van der Waals surface area contributed by atoms with Crippen molar-refractivity contribution in [3.05, 3.63) is 34.3 Å². The van der Waals surface area contributed by atoms with Crippen molar-refractivity contribution in [2.45, 2.75) is 25.7 Å². The second-order valence-electron chi connectivity index (χ2n) is 3.76. The third-order valence-corrected chi connectivity index (χ3v) is 2.72. The topological polar surface area (TPSA) is 26.0 Å². The summed E-state index contributed by atoms with van der Waals surface area (Å²) in [7, 11) is 0. The smallest absolute Gasteiger partial charge is 0.270 e. The molecule has 0 bridgehead atoms. The first kappa shape index (κ1) is 12.4. The van der Waals surface area contributed by atoms with E-state index in [1.54, 1.807) is 6.07 Å². The van der Waals surface area contributed by atoms with Gasteiger partial charge in [-0.1, -0.05) is 30.7 Å². The molecule has 1 nitrogen and oxygen atoms in total. The van der Waals surface area contributed by atoms with Crippen LogP contribution in [0.4, 0.5) is 8.78 Å². The van der Waals surface area contributed by atoms with Crippen LogP contribution in [-0.4, -0.2) is 6.54 Å². The molecule has 84 valence electrons. The monoisotopic (exact) mass is 233 g/mol. The molecule has 0 aliphatic heterocycles. The van der Waals surface area contributed by atoms with Gasteiger partial charge in [0.05, 0.1) is 0 Å². The van der Waals surface area contributed by atoms with Gasteiger partial charge in [0.25, 0.3) is 5.92 Å². The summed E-state index contributed by atoms with van der Waals surface area (Å²) in [5, 5.41) is 0.354. The van der Waals surface area contributed by atoms with Crippen LogP contribution >= 0.6 is 11.6 Å². The standard InChI is InChI=1S/C11H14ClF2N/c1-7(6-15)9-4-3-8(5-10(9)12)11(2,13)14/h3-5,7H,6,15H2,1-2H3. The third kappa shape index (κ3) is 2.89. The Labute approximate surface area is 93.2 Å². The quantitative estimate of drug-likeness (QED) is 0.850. The van der Waals surface area contributed by atoms with E-state index in [-0.39, 0.29) is 11.5 Å². The molecule has 1 aromatic carbocycles. The summed E-state index contributed by atoms with van der Waals surface area (Å²) in [6.45, 7) is 3.21. The van der Waals surface area contributed by atoms with Crippen LogP contribution < -0.4 is 5.73 Å². The van der Waals surface area contributed by atoms with Gasteiger partial charge in [0.2, 0.25) is 0 Å². The SMILES string of the molecule is CC(CN)c1ccc(C(C)(F)F)cc1Cl. The number of alkyl halides is 2. The molecule has 1 aromatic rings. The molecular formula is C11H14ClF2N. The Hall–Kier alpha value is -0.670. The highest BCUT2D eigenvalue weighted by atomic mass is 35.5. The summed E-state index contributed by atoms with van der Waals surface area (Å²) in [4.78, 5) is 0. The zero-order valence-electron chi connectivity index (χ0n) is 8.73. The largest absolute Gasteiger partial charge is 0.330 e. The number of hydrogen-bond donors (Lipinski definition) is 1. The molecule has 0 spiro atoms. The number of benzene rings is 1. The third-order valence-electron chi connectivity index (χ3n) is 2.39. The highest BCUT2D eigenvalue weighted by Crippen LogP contribution is 2.32. The zero-order chi connectivity index (χ0) is 11.6. The van der Waals surface area contributed by atoms with Crippen molar-refractivity contribution in [2.24, 2.45) is 5.73 Å². The maximum absolute atomic E-state index is 13.0. The van der Waals surface area contributed by atoms with E-state index in [1.165, 1.54) is 12.1 Å². The summed E-state index contributed by atoms with van der Waals surface area (Å²) in [6.07, 6.45) is 0. The van der Waals surface area contributed by atoms with Crippen LogP contribution in [0.15, 0.2) is 18.2 Å². The molecular weight excluding hydrogens is 220 g/mol. The summed E-state index contributed by atoms with van der Waals surface area (Å²) >= 11 is 5.92. The second kappa shape index (κ2) is 4.45. The van der Waals surface area contributed by atoms with Gasteiger partial charge < -0.3 is 5.73 Å². The van der Waals surface area contributed by atoms with Gasteiger partial charge in [0.15, 0.2) is 0 Å². The van der Waals surface area contributed by atoms with Crippen molar-refractivity contribution in [1.29, 1.82) is 0 Å². The molecule has 15 heavy (non-hydrogen) atoms. The van der Waals surface area contributed by atoms with Crippen molar-refractivity contribution in [3.63, 3.8) is 0 Å². The maximum atomic E-state index is 13.0. The van der Waals surface area contributed by atoms with E-state index < -0.39 is 5.92 Å². The molecule has 4 heteroatoms. The van der Waals surface area contributed by atoms with Gasteiger partial charge in [-0.25, -0.2) is 8.78 Å². The van der Waals surface area contributed by atoms with Gasteiger partial charge in [-0.15, -0.1) is 0 Å². The summed E-state index contributed by atoms with van der Waals surface area (Å²) in [5.74, 6) is -2.77. The molecule has 0 saturated heterocycles. The van der Waals surface area contributed by atoms with Crippen LogP contribution in [0.25, 0.3) is 0 Å². The fraction of sp³-hybridized carbons (Fsp3) is 0.455. The Morgan fingerprint density at radius 1 is 1.47 bits per heavy atom. The van der Waals surface area contributed by atoms with Crippen LogP contribution in [0.2, 0.25) is 5.02 Å². The number of nitrogens with two attached hydrogens (primary N) is 1. The molecule has 0 saturated carbocycles. The average molecular weight is 234 g/mol. The molecule has 0 fully saturated rings. The van der Waals surface area contributed by atoms with Gasteiger partial charge in [-0.3, -0.25) is 0 Å². The highest BCUT2D eigenvalue weighted by Gasteiger charge is 2.25. The highest BCUT2D eigenvalue weighted by molar-refractivity contribution is 6.31. The summed E-state index contributed by atoms with van der Waals surface area (Å²) < 4.78 is 25.9. The Morgan fingerprint density at radius 2 is 2.07 bits per heavy atom. The predicted octanol–water partition coefficient (Wildman–Crippen LogP) is 3.51. The molecule has 0 aromatic heterocycles. The van der Waals surface area contributed by atoms with Crippen molar-refractivity contribution in [1.82, 2.24) is 0 Å². The molecule has 1 rings (SSSR count). The van der Waals surface area contributed by atoms with Gasteiger partial charge in [-0.05, 0) is 24.1 Å². The molecule has 0 heterocycles. The lowest BCUT2D eigenvalue weighted by molar-refractivity contribution is 0.0174. The zero-order valence-corrected chi connectivity index (χ0v) is 9.48. The average Bonchev–Trinajstić information content (AvgIpc) is 2.15. The lowest BCUT2D eigenvalue weighted by Crippen LogP contribution is -2.11. The Balaban J connectivity index is 3.09. The van der Waals surface area contributed by atoms with E-state index in [4.69, 9.17) is 17.3 Å². The number of halogens is 3. The Kier molecular flexibility index (Phi) is 3.68. The van der Waals surface area contributed by atoms with Gasteiger partial charge >= 0.3 is 0 Å². The van der Waals surface area contributed by atoms with Crippen molar-refractivity contribution in [3.8, 4) is 0 Å². The fourth-order valence-electron chi connectivity index (χ4n) is 1.33. The van der Waals surface area contributed by atoms with E-state index >= 15 is 0 Å². The molecule has 0 aliphatic carbocycles. The Bertz CT molecular complexity index is 347. The lowest BCUT2D eigenvalue weighted by Gasteiger charge is -2.15. The number of rotatable bonds is 3. The van der Waals surface area contributed by atoms with Crippen LogP contribution in [0.1, 0.15) is 30.9 Å². The minimum atomic E-state index is -2.85. The first-order valence-electron chi connectivity index (χ1n) is 4.74. The Morgan fingerprint density at radius 3 is 2.47 bits per heavy atom. The lowest BCUT2D eigenvalue weighted by atomic mass is 9.98. The summed E-state index contributed by atoms with van der Waals surface area (Å²) in [6, 6.07) is 4.32. The first-order chi connectivity index (χ1) is 6.86. The van der Waals surface area contributed by atoms with Gasteiger partial charge in [-0.2, -0.15) is 0 Å². The first-order valence-corrected chi connectivity index (χ1v) is 5.12. The molecule has 0 amide bonds. The summed E-state index contributed by atoms with van der Waals surface area (Å²) in [5.41, 5.74) is 6.23. The molecule has 2 N–H and O–H groups in total. The maximum Gasteiger partial charge on any atom is 0.270 e. The predicted molar refractivity (Wildman–Crippen MR) is 58.5 cm³/mol. The van der Waals surface area contributed by atoms with E-state index in [2.05, 4.69) is 0 Å². The molecule has 0 aliphatic rings. The van der Waals surface area contributed by atoms with Crippen LogP contribution in [-0.2, 0) is 5.92 Å². The van der Waals surface area contributed by atoms with E-state index in [1.807, 2.05) is 6.92 Å². The fourth-order valence-corrected chi connectivity index (χ4v) is 1.69. The van der Waals surface area contributed by atoms with Gasteiger partial charge in [0, 0.05) is 17.5 Å². The van der Waals surface area contributed by atoms with Crippen molar-refractivity contribution < 1.29 is 8.78 Å². The van der Waals surface area contributed by atoms with Gasteiger partial charge in [0.1, 0.15) is 0 Å². The van der Waals surface area contributed by atoms with Crippen LogP contribution in [0, 0.1) is 0 Å². The normalized spacial score (nSPS) is 14.0. The van der Waals surface area contributed by atoms with E-state index in [0.717, 1.165) is 12.5 Å². The van der Waals surface area contributed by atoms with Crippen LogP contribution in [0.5, 0.6) is 0 Å². The van der Waals surface area contributed by atoms with E-state index in [0.29, 0.717) is 11.6 Å². The molecule has 1 unspecified atom stereocenters. The van der Waals surface area contributed by atoms with Crippen LogP contribution in [0.3, 0.4) is 0 Å². The molecule has 1 atom stereocenters. The second-order valence-corrected chi connectivity index (χ2v) is 4.17. The van der Waals surface area contributed by atoms with Crippen molar-refractivity contribution in [2.75, 3.05) is 6.54 Å². The van der Waals surface area contributed by atoms with E-state index in [9.17, 15) is 8.78 Å². The minimum absolute atomic E-state index is 0.0690. The molecule has 0 radical (unpaired) electrons.